The third-order valence-corrected chi connectivity index (χ3v) is 11.7. The van der Waals surface area contributed by atoms with Crippen molar-refractivity contribution in [3.8, 4) is 56.4 Å². The molecule has 3 nitrogen and oxygen atoms in total. The van der Waals surface area contributed by atoms with Gasteiger partial charge < -0.3 is 0 Å². The zero-order valence-corrected chi connectivity index (χ0v) is 30.6. The minimum atomic E-state index is -0.0548. The summed E-state index contributed by atoms with van der Waals surface area (Å²) in [4.78, 5) is 15.1. The molecule has 1 aliphatic carbocycles. The van der Waals surface area contributed by atoms with Crippen LogP contribution < -0.4 is 0 Å². The van der Waals surface area contributed by atoms with Gasteiger partial charge in [0.05, 0.1) is 0 Å². The summed E-state index contributed by atoms with van der Waals surface area (Å²) in [5, 5.41) is 9.98. The largest absolute Gasteiger partial charge is 0.208 e. The van der Waals surface area contributed by atoms with Crippen molar-refractivity contribution >= 4 is 43.1 Å². The van der Waals surface area contributed by atoms with E-state index in [1.807, 2.05) is 60.7 Å². The Morgan fingerprint density at radius 2 is 0.891 bits per heavy atom. The minimum absolute atomic E-state index is 0.0548. The molecule has 0 bridgehead atoms. The Bertz CT molecular complexity index is 3110. The molecule has 1 heterocycles. The number of aromatic nitrogens is 3. The molecule has 0 radical (unpaired) electrons. The second-order valence-corrected chi connectivity index (χ2v) is 15.2. The van der Waals surface area contributed by atoms with Crippen LogP contribution in [0.15, 0.2) is 176 Å². The van der Waals surface area contributed by atoms with Crippen LogP contribution in [0.4, 0.5) is 0 Å². The van der Waals surface area contributed by atoms with Crippen molar-refractivity contribution in [2.45, 2.75) is 19.3 Å². The van der Waals surface area contributed by atoms with Gasteiger partial charge in [-0.2, -0.15) is 0 Å². The van der Waals surface area contributed by atoms with Gasteiger partial charge >= 0.3 is 0 Å². The summed E-state index contributed by atoms with van der Waals surface area (Å²) in [5.41, 5.74) is 10.7. The summed E-state index contributed by atoms with van der Waals surface area (Å²) in [7, 11) is 0. The minimum Gasteiger partial charge on any atom is -0.208 e. The van der Waals surface area contributed by atoms with E-state index >= 15 is 0 Å². The van der Waals surface area contributed by atoms with Gasteiger partial charge in [0, 0.05) is 22.1 Å². The number of benzene rings is 9. The molecule has 0 saturated heterocycles. The Balaban J connectivity index is 1.10. The van der Waals surface area contributed by atoms with Crippen LogP contribution in [0, 0.1) is 0 Å². The van der Waals surface area contributed by atoms with Crippen LogP contribution in [-0.2, 0) is 5.41 Å². The van der Waals surface area contributed by atoms with Gasteiger partial charge in [0.25, 0.3) is 0 Å². The lowest BCUT2D eigenvalue weighted by Crippen LogP contribution is -2.14. The molecule has 0 saturated carbocycles. The SMILES string of the molecule is CC1(C)c2ccccc2-c2c1ccc1ccc3ccc4cc(-c5ccc(-c6nc(-c7ccccc7)nc(-c7ccccc7)n6)c6ccccc56)ccc4c3c21. The molecule has 3 heteroatoms. The molecule has 0 N–H and O–H groups in total. The average molecular weight is 702 g/mol. The fourth-order valence-electron chi connectivity index (χ4n) is 9.01. The number of fused-ring (bicyclic) bond motifs is 10. The van der Waals surface area contributed by atoms with Crippen LogP contribution >= 0.6 is 0 Å². The highest BCUT2D eigenvalue weighted by atomic mass is 15.0. The van der Waals surface area contributed by atoms with Gasteiger partial charge in [-0.05, 0) is 88.6 Å². The smallest absolute Gasteiger partial charge is 0.164 e. The lowest BCUT2D eigenvalue weighted by Gasteiger charge is -2.21. The molecule has 0 fully saturated rings. The molecule has 258 valence electrons. The summed E-state index contributed by atoms with van der Waals surface area (Å²) >= 11 is 0. The van der Waals surface area contributed by atoms with Crippen LogP contribution in [0.1, 0.15) is 25.0 Å². The first-order valence-electron chi connectivity index (χ1n) is 18.9. The Kier molecular flexibility index (Phi) is 6.90. The normalized spacial score (nSPS) is 13.1. The number of nitrogens with zero attached hydrogens (tertiary/aromatic N) is 3. The van der Waals surface area contributed by atoms with Crippen LogP contribution in [0.5, 0.6) is 0 Å². The maximum Gasteiger partial charge on any atom is 0.164 e. The molecule has 0 aliphatic heterocycles. The molecule has 1 aliphatic rings. The third-order valence-electron chi connectivity index (χ3n) is 11.7. The monoisotopic (exact) mass is 701 g/mol. The van der Waals surface area contributed by atoms with Crippen molar-refractivity contribution in [3.05, 3.63) is 187 Å². The predicted molar refractivity (Wildman–Crippen MR) is 229 cm³/mol. The Morgan fingerprint density at radius 3 is 1.60 bits per heavy atom. The molecule has 0 amide bonds. The zero-order valence-electron chi connectivity index (χ0n) is 30.6. The van der Waals surface area contributed by atoms with E-state index in [9.17, 15) is 0 Å². The molecule has 9 aromatic carbocycles. The molecule has 10 aromatic rings. The van der Waals surface area contributed by atoms with E-state index in [0.29, 0.717) is 17.5 Å². The lowest BCUT2D eigenvalue weighted by molar-refractivity contribution is 0.661. The second kappa shape index (κ2) is 12.0. The molecule has 1 aromatic heterocycles. The molecule has 55 heavy (non-hydrogen) atoms. The Hall–Kier alpha value is -6.97. The van der Waals surface area contributed by atoms with Crippen molar-refractivity contribution in [3.63, 3.8) is 0 Å². The Labute approximate surface area is 319 Å². The summed E-state index contributed by atoms with van der Waals surface area (Å²) in [6, 6.07) is 63.1. The quantitative estimate of drug-likeness (QED) is 0.171. The van der Waals surface area contributed by atoms with E-state index in [1.54, 1.807) is 0 Å². The van der Waals surface area contributed by atoms with Crippen molar-refractivity contribution < 1.29 is 0 Å². The van der Waals surface area contributed by atoms with Gasteiger partial charge in [0.15, 0.2) is 17.5 Å². The predicted octanol–water partition coefficient (Wildman–Crippen LogP) is 13.5. The van der Waals surface area contributed by atoms with Gasteiger partial charge in [-0.15, -0.1) is 0 Å². The molecule has 11 rings (SSSR count). The maximum absolute atomic E-state index is 5.07. The standard InChI is InChI=1S/C52H35N3/c1-52(2)44-20-12-11-19-43(44)48-45(52)30-26-33-22-21-32-23-24-37-31-36(25-27-39(37)46(32)47(33)48)38-28-29-42(41-18-10-9-17-40(38)41)51-54-49(34-13-5-3-6-14-34)53-50(55-51)35-15-7-4-8-16-35/h3-31H,1-2H3. The first-order chi connectivity index (χ1) is 27.0. The molecule has 0 atom stereocenters. The Morgan fingerprint density at radius 1 is 0.345 bits per heavy atom. The number of hydrogen-bond donors (Lipinski definition) is 0. The van der Waals surface area contributed by atoms with Crippen molar-refractivity contribution in [2.75, 3.05) is 0 Å². The third kappa shape index (κ3) is 4.86. The summed E-state index contributed by atoms with van der Waals surface area (Å²) in [6.07, 6.45) is 0. The van der Waals surface area contributed by atoms with E-state index in [2.05, 4.69) is 129 Å². The average Bonchev–Trinajstić information content (AvgIpc) is 3.49. The fraction of sp³-hybridized carbons (Fsp3) is 0.0577. The van der Waals surface area contributed by atoms with Crippen molar-refractivity contribution in [2.24, 2.45) is 0 Å². The second-order valence-electron chi connectivity index (χ2n) is 15.2. The van der Waals surface area contributed by atoms with Gasteiger partial charge in [0.1, 0.15) is 0 Å². The van der Waals surface area contributed by atoms with Gasteiger partial charge in [-0.1, -0.05) is 178 Å². The van der Waals surface area contributed by atoms with Crippen LogP contribution in [0.25, 0.3) is 99.5 Å². The number of rotatable bonds is 4. The summed E-state index contributed by atoms with van der Waals surface area (Å²) in [5.74, 6) is 1.97. The van der Waals surface area contributed by atoms with Crippen molar-refractivity contribution in [1.29, 1.82) is 0 Å². The van der Waals surface area contributed by atoms with Crippen molar-refractivity contribution in [1.82, 2.24) is 15.0 Å². The molecule has 0 unspecified atom stereocenters. The van der Waals surface area contributed by atoms with Crippen LogP contribution in [-0.4, -0.2) is 15.0 Å². The fourth-order valence-corrected chi connectivity index (χ4v) is 9.01. The van der Waals surface area contributed by atoms with Gasteiger partial charge in [-0.3, -0.25) is 0 Å². The van der Waals surface area contributed by atoms with Gasteiger partial charge in [-0.25, -0.2) is 15.0 Å². The van der Waals surface area contributed by atoms with E-state index in [4.69, 9.17) is 15.0 Å². The van der Waals surface area contributed by atoms with Crippen LogP contribution in [0.2, 0.25) is 0 Å². The van der Waals surface area contributed by atoms with E-state index in [-0.39, 0.29) is 5.41 Å². The van der Waals surface area contributed by atoms with E-state index in [1.165, 1.54) is 65.7 Å². The molecular weight excluding hydrogens is 667 g/mol. The maximum atomic E-state index is 5.07. The highest BCUT2D eigenvalue weighted by Crippen LogP contribution is 2.53. The van der Waals surface area contributed by atoms with Crippen LogP contribution in [0.3, 0.4) is 0 Å². The number of hydrogen-bond acceptors (Lipinski definition) is 3. The topological polar surface area (TPSA) is 38.7 Å². The first-order valence-corrected chi connectivity index (χ1v) is 18.9. The van der Waals surface area contributed by atoms with E-state index < -0.39 is 0 Å². The first kappa shape index (κ1) is 31.5. The van der Waals surface area contributed by atoms with E-state index in [0.717, 1.165) is 27.5 Å². The highest BCUT2D eigenvalue weighted by molar-refractivity contribution is 6.25. The summed E-state index contributed by atoms with van der Waals surface area (Å²) in [6.45, 7) is 4.72. The van der Waals surface area contributed by atoms with Gasteiger partial charge in [0.2, 0.25) is 0 Å². The zero-order chi connectivity index (χ0) is 36.7. The molecule has 0 spiro atoms. The highest BCUT2D eigenvalue weighted by Gasteiger charge is 2.36. The lowest BCUT2D eigenvalue weighted by atomic mass is 9.81. The summed E-state index contributed by atoms with van der Waals surface area (Å²) < 4.78 is 0. The molecular formula is C52H35N3.